The third-order valence-electron chi connectivity index (χ3n) is 2.81. The molecule has 0 heterocycles. The maximum absolute atomic E-state index is 12.2. The SMILES string of the molecule is COc1cccc(NC(=O)[C@@H](CCS(C)(=O)=O)NC(C)=O)c1. The summed E-state index contributed by atoms with van der Waals surface area (Å²) in [5.41, 5.74) is 0.499. The van der Waals surface area contributed by atoms with Crippen molar-refractivity contribution >= 4 is 27.3 Å². The Kier molecular flexibility index (Phi) is 6.36. The van der Waals surface area contributed by atoms with Crippen LogP contribution in [0.4, 0.5) is 5.69 Å². The lowest BCUT2D eigenvalue weighted by Crippen LogP contribution is -2.43. The largest absolute Gasteiger partial charge is 0.497 e. The second kappa shape index (κ2) is 7.79. The molecule has 1 aromatic carbocycles. The van der Waals surface area contributed by atoms with E-state index in [4.69, 9.17) is 4.74 Å². The fourth-order valence-corrected chi connectivity index (χ4v) is 2.44. The fourth-order valence-electron chi connectivity index (χ4n) is 1.78. The first-order valence-corrected chi connectivity index (χ1v) is 8.67. The number of amides is 2. The lowest BCUT2D eigenvalue weighted by atomic mass is 10.2. The van der Waals surface area contributed by atoms with Gasteiger partial charge >= 0.3 is 0 Å². The topological polar surface area (TPSA) is 102 Å². The third-order valence-corrected chi connectivity index (χ3v) is 3.79. The van der Waals surface area contributed by atoms with Gasteiger partial charge in [0.05, 0.1) is 12.9 Å². The number of methoxy groups -OCH3 is 1. The molecule has 0 radical (unpaired) electrons. The van der Waals surface area contributed by atoms with Crippen molar-refractivity contribution in [1.82, 2.24) is 5.32 Å². The predicted octanol–water partition coefficient (Wildman–Crippen LogP) is 0.573. The highest BCUT2D eigenvalue weighted by Gasteiger charge is 2.21. The van der Waals surface area contributed by atoms with Crippen LogP contribution in [0.5, 0.6) is 5.75 Å². The van der Waals surface area contributed by atoms with Gasteiger partial charge in [0.1, 0.15) is 21.6 Å². The molecule has 0 unspecified atom stereocenters. The molecule has 122 valence electrons. The molecule has 1 rings (SSSR count). The Morgan fingerprint density at radius 1 is 1.32 bits per heavy atom. The summed E-state index contributed by atoms with van der Waals surface area (Å²) < 4.78 is 27.5. The molecular formula is C14H20N2O5S. The van der Waals surface area contributed by atoms with Gasteiger partial charge in [-0.2, -0.15) is 0 Å². The van der Waals surface area contributed by atoms with Gasteiger partial charge in [0, 0.05) is 24.9 Å². The van der Waals surface area contributed by atoms with E-state index in [0.29, 0.717) is 11.4 Å². The first-order chi connectivity index (χ1) is 10.2. The Balaban J connectivity index is 2.79. The van der Waals surface area contributed by atoms with Gasteiger partial charge in [-0.3, -0.25) is 9.59 Å². The number of benzene rings is 1. The van der Waals surface area contributed by atoms with Gasteiger partial charge in [0.25, 0.3) is 0 Å². The summed E-state index contributed by atoms with van der Waals surface area (Å²) in [5, 5.41) is 5.08. The lowest BCUT2D eigenvalue weighted by Gasteiger charge is -2.17. The average Bonchev–Trinajstić information content (AvgIpc) is 2.42. The maximum atomic E-state index is 12.2. The summed E-state index contributed by atoms with van der Waals surface area (Å²) in [6, 6.07) is 5.81. The molecular weight excluding hydrogens is 308 g/mol. The summed E-state index contributed by atoms with van der Waals surface area (Å²) in [7, 11) is -1.72. The Morgan fingerprint density at radius 2 is 2.00 bits per heavy atom. The van der Waals surface area contributed by atoms with E-state index in [-0.39, 0.29) is 12.2 Å². The van der Waals surface area contributed by atoms with E-state index < -0.39 is 27.7 Å². The number of ether oxygens (including phenoxy) is 1. The van der Waals surface area contributed by atoms with E-state index in [0.717, 1.165) is 6.26 Å². The molecule has 1 aromatic rings. The van der Waals surface area contributed by atoms with Gasteiger partial charge in [0.2, 0.25) is 11.8 Å². The number of anilines is 1. The Morgan fingerprint density at radius 3 is 2.55 bits per heavy atom. The van der Waals surface area contributed by atoms with Gasteiger partial charge in [0.15, 0.2) is 0 Å². The van der Waals surface area contributed by atoms with E-state index in [2.05, 4.69) is 10.6 Å². The van der Waals surface area contributed by atoms with Crippen LogP contribution in [0.1, 0.15) is 13.3 Å². The number of nitrogens with one attached hydrogen (secondary N) is 2. The zero-order valence-corrected chi connectivity index (χ0v) is 13.6. The van der Waals surface area contributed by atoms with E-state index in [1.807, 2.05) is 0 Å². The van der Waals surface area contributed by atoms with Crippen LogP contribution < -0.4 is 15.4 Å². The van der Waals surface area contributed by atoms with E-state index >= 15 is 0 Å². The molecule has 2 N–H and O–H groups in total. The van der Waals surface area contributed by atoms with E-state index in [1.165, 1.54) is 14.0 Å². The van der Waals surface area contributed by atoms with E-state index in [1.54, 1.807) is 24.3 Å². The summed E-state index contributed by atoms with van der Waals surface area (Å²) in [5.74, 6) is -0.500. The smallest absolute Gasteiger partial charge is 0.246 e. The first kappa shape index (κ1) is 18.0. The minimum Gasteiger partial charge on any atom is -0.497 e. The lowest BCUT2D eigenvalue weighted by molar-refractivity contribution is -0.125. The van der Waals surface area contributed by atoms with Crippen molar-refractivity contribution in [2.45, 2.75) is 19.4 Å². The van der Waals surface area contributed by atoms with Crippen molar-refractivity contribution in [3.8, 4) is 5.75 Å². The molecule has 2 amide bonds. The fraction of sp³-hybridized carbons (Fsp3) is 0.429. The monoisotopic (exact) mass is 328 g/mol. The summed E-state index contributed by atoms with van der Waals surface area (Å²) in [4.78, 5) is 23.4. The quantitative estimate of drug-likeness (QED) is 0.762. The van der Waals surface area contributed by atoms with Crippen LogP contribution in [0.15, 0.2) is 24.3 Å². The number of sulfone groups is 1. The molecule has 8 heteroatoms. The van der Waals surface area contributed by atoms with Crippen LogP contribution in [0.2, 0.25) is 0 Å². The second-order valence-electron chi connectivity index (χ2n) is 4.89. The zero-order valence-electron chi connectivity index (χ0n) is 12.8. The normalized spacial score (nSPS) is 12.3. The number of hydrogen-bond donors (Lipinski definition) is 2. The molecule has 22 heavy (non-hydrogen) atoms. The zero-order chi connectivity index (χ0) is 16.8. The van der Waals surface area contributed by atoms with Gasteiger partial charge in [-0.1, -0.05) is 6.07 Å². The highest BCUT2D eigenvalue weighted by atomic mass is 32.2. The van der Waals surface area contributed by atoms with Crippen LogP contribution >= 0.6 is 0 Å². The Bertz CT molecular complexity index is 642. The number of carbonyl (C=O) groups excluding carboxylic acids is 2. The van der Waals surface area contributed by atoms with Crippen LogP contribution in [-0.4, -0.2) is 45.4 Å². The summed E-state index contributed by atoms with van der Waals surface area (Å²) in [6.07, 6.45) is 1.09. The molecule has 0 aromatic heterocycles. The second-order valence-corrected chi connectivity index (χ2v) is 7.15. The maximum Gasteiger partial charge on any atom is 0.246 e. The molecule has 7 nitrogen and oxygen atoms in total. The molecule has 0 fully saturated rings. The number of rotatable bonds is 7. The first-order valence-electron chi connectivity index (χ1n) is 6.61. The van der Waals surface area contributed by atoms with Gasteiger partial charge in [-0.05, 0) is 18.6 Å². The molecule has 0 spiro atoms. The molecule has 0 aliphatic carbocycles. The van der Waals surface area contributed by atoms with Crippen molar-refractivity contribution in [1.29, 1.82) is 0 Å². The van der Waals surface area contributed by atoms with Crippen LogP contribution in [-0.2, 0) is 19.4 Å². The van der Waals surface area contributed by atoms with Crippen molar-refractivity contribution in [3.05, 3.63) is 24.3 Å². The number of hydrogen-bond acceptors (Lipinski definition) is 5. The standard InChI is InChI=1S/C14H20N2O5S/c1-10(17)15-13(7-8-22(3,19)20)14(18)16-11-5-4-6-12(9-11)21-2/h4-6,9,13H,7-8H2,1-3H3,(H,15,17)(H,16,18)/t13-/m1/s1. The highest BCUT2D eigenvalue weighted by molar-refractivity contribution is 7.90. The van der Waals surface area contributed by atoms with Crippen molar-refractivity contribution < 1.29 is 22.7 Å². The molecule has 0 aliphatic rings. The molecule has 1 atom stereocenters. The van der Waals surface area contributed by atoms with Crippen LogP contribution in [0.3, 0.4) is 0 Å². The molecule has 0 saturated carbocycles. The van der Waals surface area contributed by atoms with Gasteiger partial charge in [-0.15, -0.1) is 0 Å². The minimum absolute atomic E-state index is 0.00815. The predicted molar refractivity (Wildman–Crippen MR) is 83.6 cm³/mol. The van der Waals surface area contributed by atoms with Gasteiger partial charge in [-0.25, -0.2) is 8.42 Å². The van der Waals surface area contributed by atoms with E-state index in [9.17, 15) is 18.0 Å². The summed E-state index contributed by atoms with van der Waals surface area (Å²) >= 11 is 0. The van der Waals surface area contributed by atoms with Crippen LogP contribution in [0, 0.1) is 0 Å². The van der Waals surface area contributed by atoms with Crippen molar-refractivity contribution in [3.63, 3.8) is 0 Å². The average molecular weight is 328 g/mol. The molecule has 0 saturated heterocycles. The van der Waals surface area contributed by atoms with Crippen LogP contribution in [0.25, 0.3) is 0 Å². The Hall–Kier alpha value is -2.09. The van der Waals surface area contributed by atoms with Gasteiger partial charge < -0.3 is 15.4 Å². The molecule has 0 aliphatic heterocycles. The molecule has 0 bridgehead atoms. The van der Waals surface area contributed by atoms with Crippen molar-refractivity contribution in [2.24, 2.45) is 0 Å². The summed E-state index contributed by atoms with van der Waals surface area (Å²) in [6.45, 7) is 1.27. The highest BCUT2D eigenvalue weighted by Crippen LogP contribution is 2.17. The third kappa shape index (κ3) is 6.57. The number of carbonyl (C=O) groups is 2. The minimum atomic E-state index is -3.22. The Labute approximate surface area is 130 Å². The van der Waals surface area contributed by atoms with Crippen molar-refractivity contribution in [2.75, 3.05) is 24.4 Å².